The number of esters is 1. The zero-order valence-corrected chi connectivity index (χ0v) is 52.0. The number of halogens is 2. The van der Waals surface area contributed by atoms with E-state index >= 15 is 0 Å². The van der Waals surface area contributed by atoms with Crippen LogP contribution in [0.25, 0.3) is 44.6 Å². The third kappa shape index (κ3) is 18.8. The molecule has 0 bridgehead atoms. The maximum atomic E-state index is 13.6. The molecule has 2 aliphatic carbocycles. The average Bonchev–Trinajstić information content (AvgIpc) is 2.36. The van der Waals surface area contributed by atoms with E-state index in [-0.39, 0.29) is 42.6 Å². The Hall–Kier alpha value is -6.88. The fourth-order valence-corrected chi connectivity index (χ4v) is 12.2. The summed E-state index contributed by atoms with van der Waals surface area (Å²) in [5, 5.41) is 15.2. The molecule has 86 heavy (non-hydrogen) atoms. The monoisotopic (exact) mass is 1230 g/mol. The number of nitrogens with one attached hydrogen (secondary N) is 2. The van der Waals surface area contributed by atoms with Crippen LogP contribution in [0.4, 0.5) is 20.2 Å². The number of amides is 2. The zero-order valence-electron chi connectivity index (χ0n) is 50.4. The number of sulfonamides is 2. The number of carbonyl (C=O) groups is 4. The summed E-state index contributed by atoms with van der Waals surface area (Å²) in [6.07, 6.45) is 13.7. The Kier molecular flexibility index (Phi) is 23.4. The molecule has 0 radical (unpaired) electrons. The highest BCUT2D eigenvalue weighted by atomic mass is 32.2. The van der Waals surface area contributed by atoms with Gasteiger partial charge in [0.25, 0.3) is 11.8 Å². The van der Waals surface area contributed by atoms with E-state index in [2.05, 4.69) is 10.6 Å². The summed E-state index contributed by atoms with van der Waals surface area (Å²) in [7, 11) is -4.17. The van der Waals surface area contributed by atoms with Gasteiger partial charge in [0.05, 0.1) is 35.0 Å². The molecule has 2 saturated carbocycles. The Morgan fingerprint density at radius 2 is 0.942 bits per heavy atom. The molecule has 0 saturated heterocycles. The molecule has 2 heterocycles. The summed E-state index contributed by atoms with van der Waals surface area (Å²) in [5.41, 5.74) is 4.91. The van der Waals surface area contributed by atoms with E-state index in [1.54, 1.807) is 36.4 Å². The van der Waals surface area contributed by atoms with Crippen molar-refractivity contribution >= 4 is 77.1 Å². The highest BCUT2D eigenvalue weighted by Gasteiger charge is 2.35. The summed E-state index contributed by atoms with van der Waals surface area (Å²) in [6.45, 7) is 8.30. The normalized spacial score (nSPS) is 13.5. The minimum absolute atomic E-state index is 0.137. The molecule has 4 aromatic carbocycles. The van der Waals surface area contributed by atoms with E-state index in [0.29, 0.717) is 139 Å². The van der Waals surface area contributed by atoms with Gasteiger partial charge >= 0.3 is 11.9 Å². The molecule has 0 aliphatic heterocycles. The van der Waals surface area contributed by atoms with Crippen molar-refractivity contribution in [3.8, 4) is 22.6 Å². The molecular weight excluding hydrogens is 1150 g/mol. The van der Waals surface area contributed by atoms with Gasteiger partial charge in [-0.15, -0.1) is 0 Å². The van der Waals surface area contributed by atoms with Crippen molar-refractivity contribution < 1.29 is 72.9 Å². The zero-order chi connectivity index (χ0) is 62.3. The Balaban J connectivity index is 0.000000247. The molecule has 2 aliphatic rings. The standard InChI is InChI=1S/C34H45FN2O7S.C30H37FN2O7S/c1-34(2,3)44-30(38)11-7-10-20-42-19-9-6-8-18-37(45(5,40)41)28-22-29-27(21-26(28)23-12-13-23)31(33(39)36-4)32(43-29)24-14-16-25(35)17-15-24;1-32-30(36)28-24-18-23(20-9-10-20)25(19-26(24)40-29(28)21-11-13-22(31)14-12-21)33(41(2,37)38)15-5-3-6-16-39-17-7-4-8-27(34)35/h14-17,21-23H,6-13,18-20H2,1-5H3,(H,36,39);11-14,18-20H,3-10,15-17H2,1-2H3,(H,32,36)(H,34,35). The summed E-state index contributed by atoms with van der Waals surface area (Å²) >= 11 is 0. The SMILES string of the molecule is CNC(=O)c1c(-c2ccc(F)cc2)oc2cc(N(CCCCCOCCCCC(=O)O)S(C)(=O)=O)c(C3CC3)cc12.CNC(=O)c1c(-c2ccc(F)cc2)oc2cc(N(CCCCCOCCCCC(=O)OC(C)(C)C)S(C)(=O)=O)c(C3CC3)cc12. The van der Waals surface area contributed by atoms with Crippen molar-refractivity contribution in [2.24, 2.45) is 0 Å². The Morgan fingerprint density at radius 1 is 0.570 bits per heavy atom. The molecule has 468 valence electrons. The van der Waals surface area contributed by atoms with Crippen LogP contribution in [0, 0.1) is 11.6 Å². The first-order chi connectivity index (χ1) is 40.9. The predicted molar refractivity (Wildman–Crippen MR) is 329 cm³/mol. The van der Waals surface area contributed by atoms with Crippen LogP contribution < -0.4 is 19.2 Å². The summed E-state index contributed by atoms with van der Waals surface area (Å²) in [4.78, 5) is 48.4. The number of furan rings is 2. The summed E-state index contributed by atoms with van der Waals surface area (Å²) in [5.74, 6) is -1.52. The molecule has 22 heteroatoms. The van der Waals surface area contributed by atoms with Crippen LogP contribution >= 0.6 is 0 Å². The lowest BCUT2D eigenvalue weighted by molar-refractivity contribution is -0.155. The number of carbonyl (C=O) groups excluding carboxylic acids is 3. The average molecular weight is 1230 g/mol. The molecule has 2 aromatic heterocycles. The maximum Gasteiger partial charge on any atom is 0.306 e. The van der Waals surface area contributed by atoms with E-state index < -0.39 is 43.3 Å². The maximum absolute atomic E-state index is 13.6. The van der Waals surface area contributed by atoms with Crippen molar-refractivity contribution in [1.29, 1.82) is 0 Å². The molecule has 0 spiro atoms. The van der Waals surface area contributed by atoms with Crippen molar-refractivity contribution in [2.45, 2.75) is 141 Å². The predicted octanol–water partition coefficient (Wildman–Crippen LogP) is 12.6. The minimum Gasteiger partial charge on any atom is -0.481 e. The molecule has 2 fully saturated rings. The number of rotatable bonds is 32. The largest absolute Gasteiger partial charge is 0.481 e. The van der Waals surface area contributed by atoms with Gasteiger partial charge in [0, 0.05) is 100 Å². The number of unbranched alkanes of at least 4 members (excludes halogenated alkanes) is 6. The third-order valence-corrected chi connectivity index (χ3v) is 17.1. The number of benzene rings is 4. The van der Waals surface area contributed by atoms with E-state index in [9.17, 15) is 44.8 Å². The van der Waals surface area contributed by atoms with Gasteiger partial charge in [0.15, 0.2) is 0 Å². The Bertz CT molecular complexity index is 3530. The van der Waals surface area contributed by atoms with Gasteiger partial charge in [-0.1, -0.05) is 0 Å². The van der Waals surface area contributed by atoms with Crippen LogP contribution in [0.2, 0.25) is 0 Å². The second-order valence-corrected chi connectivity index (χ2v) is 26.9. The third-order valence-electron chi connectivity index (χ3n) is 14.7. The van der Waals surface area contributed by atoms with Crippen LogP contribution in [-0.4, -0.2) is 117 Å². The molecule has 2 amide bonds. The highest BCUT2D eigenvalue weighted by Crippen LogP contribution is 2.50. The highest BCUT2D eigenvalue weighted by molar-refractivity contribution is 7.92. The van der Waals surface area contributed by atoms with Crippen LogP contribution in [-0.2, 0) is 43.8 Å². The number of nitrogens with zero attached hydrogens (tertiary/aromatic N) is 2. The number of hydrogen-bond donors (Lipinski definition) is 3. The number of aliphatic carboxylic acids is 1. The fourth-order valence-electron chi connectivity index (χ4n) is 10.2. The smallest absolute Gasteiger partial charge is 0.306 e. The minimum atomic E-state index is -3.62. The van der Waals surface area contributed by atoms with Crippen molar-refractivity contribution in [3.63, 3.8) is 0 Å². The molecule has 18 nitrogen and oxygen atoms in total. The van der Waals surface area contributed by atoms with E-state index in [1.807, 2.05) is 32.9 Å². The number of hydrogen-bond acceptors (Lipinski definition) is 13. The lowest BCUT2D eigenvalue weighted by Gasteiger charge is -2.25. The first-order valence-electron chi connectivity index (χ1n) is 29.6. The van der Waals surface area contributed by atoms with E-state index in [1.165, 1.54) is 59.5 Å². The molecule has 8 rings (SSSR count). The molecule has 0 atom stereocenters. The van der Waals surface area contributed by atoms with Crippen LogP contribution in [0.3, 0.4) is 0 Å². The number of carboxylic acid groups (broad SMARTS) is 1. The summed E-state index contributed by atoms with van der Waals surface area (Å²) in [6, 6.07) is 18.6. The lowest BCUT2D eigenvalue weighted by Crippen LogP contribution is -2.31. The number of anilines is 2. The molecule has 6 aromatic rings. The van der Waals surface area contributed by atoms with Gasteiger partial charge in [-0.3, -0.25) is 27.8 Å². The van der Waals surface area contributed by atoms with Crippen LogP contribution in [0.15, 0.2) is 81.6 Å². The van der Waals surface area contributed by atoms with Gasteiger partial charge < -0.3 is 38.8 Å². The van der Waals surface area contributed by atoms with Crippen LogP contribution in [0.1, 0.15) is 167 Å². The van der Waals surface area contributed by atoms with E-state index in [4.69, 9.17) is 28.2 Å². The van der Waals surface area contributed by atoms with Crippen molar-refractivity contribution in [1.82, 2.24) is 10.6 Å². The van der Waals surface area contributed by atoms with Crippen LogP contribution in [0.5, 0.6) is 0 Å². The molecule has 3 N–H and O–H groups in total. The van der Waals surface area contributed by atoms with Gasteiger partial charge in [-0.25, -0.2) is 25.6 Å². The topological polar surface area (TPSA) is 241 Å². The molecular formula is C64H82F2N4O14S2. The second-order valence-electron chi connectivity index (χ2n) is 23.1. The van der Waals surface area contributed by atoms with Gasteiger partial charge in [0.1, 0.15) is 39.9 Å². The first-order valence-corrected chi connectivity index (χ1v) is 33.3. The number of carboxylic acids is 1. The Labute approximate surface area is 503 Å². The lowest BCUT2D eigenvalue weighted by atomic mass is 10.0. The summed E-state index contributed by atoms with van der Waals surface area (Å²) < 4.78 is 111. The molecule has 0 unspecified atom stereocenters. The van der Waals surface area contributed by atoms with E-state index in [0.717, 1.165) is 68.9 Å². The quantitative estimate of drug-likeness (QED) is 0.0263. The number of fused-ring (bicyclic) bond motifs is 2. The fraction of sp³-hybridized carbons (Fsp3) is 0.500. The van der Waals surface area contributed by atoms with Gasteiger partial charge in [0.2, 0.25) is 20.0 Å². The van der Waals surface area contributed by atoms with Crippen molar-refractivity contribution in [2.75, 3.05) is 74.7 Å². The van der Waals surface area contributed by atoms with Gasteiger partial charge in [-0.05, 0) is 194 Å². The first kappa shape index (κ1) is 66.6. The number of ether oxygens (including phenoxy) is 3. The van der Waals surface area contributed by atoms with Gasteiger partial charge in [-0.2, -0.15) is 0 Å². The van der Waals surface area contributed by atoms with Crippen molar-refractivity contribution in [3.05, 3.63) is 107 Å². The second kappa shape index (κ2) is 30.2. The Morgan fingerprint density at radius 3 is 1.28 bits per heavy atom.